The number of nitrogens with zero attached hydrogens (tertiary/aromatic N) is 1. The first-order chi connectivity index (χ1) is 12.3. The molecule has 0 amide bonds. The lowest BCUT2D eigenvalue weighted by molar-refractivity contribution is 0.306. The quantitative estimate of drug-likeness (QED) is 0.745. The first kappa shape index (κ1) is 16.1. The maximum atomic E-state index is 6.43. The molecule has 1 aromatic heterocycles. The molecule has 0 bridgehead atoms. The highest BCUT2D eigenvalue weighted by Gasteiger charge is 2.12. The minimum absolute atomic E-state index is 0.504. The fourth-order valence-electron chi connectivity index (χ4n) is 3.01. The third kappa shape index (κ3) is 3.68. The lowest BCUT2D eigenvalue weighted by atomic mass is 10.0. The molecule has 1 N–H and O–H groups in total. The van der Waals surface area contributed by atoms with Gasteiger partial charge in [-0.2, -0.15) is 0 Å². The zero-order valence-electron chi connectivity index (χ0n) is 13.8. The molecule has 1 aliphatic heterocycles. The molecule has 126 valence electrons. The molecule has 25 heavy (non-hydrogen) atoms. The molecule has 0 radical (unpaired) electrons. The Morgan fingerprint density at radius 1 is 1.04 bits per heavy atom. The Kier molecular flexibility index (Phi) is 4.68. The minimum atomic E-state index is 0.504. The van der Waals surface area contributed by atoms with Crippen molar-refractivity contribution in [2.24, 2.45) is 0 Å². The SMILES string of the molecule is Clc1cc(-c2ccc3c(n2)CCNC3)ccc1OCc1ccccc1. The molecule has 0 saturated heterocycles. The summed E-state index contributed by atoms with van der Waals surface area (Å²) in [5, 5.41) is 3.97. The van der Waals surface area contributed by atoms with Gasteiger partial charge in [-0.05, 0) is 35.4 Å². The molecule has 4 heteroatoms. The van der Waals surface area contributed by atoms with Crippen molar-refractivity contribution in [3.8, 4) is 17.0 Å². The van der Waals surface area contributed by atoms with Crippen LogP contribution in [0.3, 0.4) is 0 Å². The highest BCUT2D eigenvalue weighted by atomic mass is 35.5. The van der Waals surface area contributed by atoms with Crippen molar-refractivity contribution >= 4 is 11.6 Å². The molecule has 0 aliphatic carbocycles. The smallest absolute Gasteiger partial charge is 0.138 e. The van der Waals surface area contributed by atoms with Crippen molar-refractivity contribution in [3.63, 3.8) is 0 Å². The molecule has 4 rings (SSSR count). The molecule has 2 aromatic carbocycles. The van der Waals surface area contributed by atoms with E-state index < -0.39 is 0 Å². The van der Waals surface area contributed by atoms with Crippen molar-refractivity contribution in [2.75, 3.05) is 6.54 Å². The molecule has 3 aromatic rings. The van der Waals surface area contributed by atoms with Crippen LogP contribution in [0.5, 0.6) is 5.75 Å². The number of rotatable bonds is 4. The third-order valence-corrected chi connectivity index (χ3v) is 4.68. The number of fused-ring (bicyclic) bond motifs is 1. The van der Waals surface area contributed by atoms with E-state index in [0.29, 0.717) is 17.4 Å². The largest absolute Gasteiger partial charge is 0.487 e. The fourth-order valence-corrected chi connectivity index (χ4v) is 3.25. The number of ether oxygens (including phenoxy) is 1. The standard InChI is InChI=1S/C21H19ClN2O/c22-18-12-16(19-8-6-17-13-23-11-10-20(17)24-19)7-9-21(18)25-14-15-4-2-1-3-5-15/h1-9,12,23H,10-11,13-14H2. The first-order valence-electron chi connectivity index (χ1n) is 8.46. The fraction of sp³-hybridized carbons (Fsp3) is 0.190. The summed E-state index contributed by atoms with van der Waals surface area (Å²) in [4.78, 5) is 4.81. The predicted molar refractivity (Wildman–Crippen MR) is 101 cm³/mol. The Hall–Kier alpha value is -2.36. The van der Waals surface area contributed by atoms with Gasteiger partial charge >= 0.3 is 0 Å². The molecule has 1 aliphatic rings. The van der Waals surface area contributed by atoms with Crippen LogP contribution in [-0.4, -0.2) is 11.5 Å². The van der Waals surface area contributed by atoms with Crippen LogP contribution in [0, 0.1) is 0 Å². The summed E-state index contributed by atoms with van der Waals surface area (Å²) in [5.41, 5.74) is 5.55. The average Bonchev–Trinajstić information content (AvgIpc) is 2.67. The summed E-state index contributed by atoms with van der Waals surface area (Å²) in [7, 11) is 0. The molecule has 0 unspecified atom stereocenters. The summed E-state index contributed by atoms with van der Waals surface area (Å²) in [5.74, 6) is 0.691. The van der Waals surface area contributed by atoms with Crippen LogP contribution in [0.15, 0.2) is 60.7 Å². The number of hydrogen-bond acceptors (Lipinski definition) is 3. The van der Waals surface area contributed by atoms with Crippen molar-refractivity contribution in [3.05, 3.63) is 82.5 Å². The summed E-state index contributed by atoms with van der Waals surface area (Å²) in [6, 6.07) is 20.1. The van der Waals surface area contributed by atoms with Gasteiger partial charge in [-0.3, -0.25) is 4.98 Å². The third-order valence-electron chi connectivity index (χ3n) is 4.39. The second-order valence-electron chi connectivity index (χ2n) is 6.15. The normalized spacial score (nSPS) is 13.3. The second-order valence-corrected chi connectivity index (χ2v) is 6.56. The Morgan fingerprint density at radius 3 is 2.76 bits per heavy atom. The summed E-state index contributed by atoms with van der Waals surface area (Å²) < 4.78 is 5.84. The molecule has 0 fully saturated rings. The molecule has 3 nitrogen and oxygen atoms in total. The van der Waals surface area contributed by atoms with Gasteiger partial charge in [0.2, 0.25) is 0 Å². The van der Waals surface area contributed by atoms with Gasteiger partial charge in [0.05, 0.1) is 10.7 Å². The van der Waals surface area contributed by atoms with Gasteiger partial charge in [0.25, 0.3) is 0 Å². The van der Waals surface area contributed by atoms with Gasteiger partial charge in [0, 0.05) is 30.8 Å². The van der Waals surface area contributed by atoms with E-state index in [1.165, 1.54) is 11.3 Å². The van der Waals surface area contributed by atoms with Crippen LogP contribution in [-0.2, 0) is 19.6 Å². The topological polar surface area (TPSA) is 34.2 Å². The monoisotopic (exact) mass is 350 g/mol. The maximum Gasteiger partial charge on any atom is 0.138 e. The van der Waals surface area contributed by atoms with Gasteiger partial charge in [-0.15, -0.1) is 0 Å². The van der Waals surface area contributed by atoms with Gasteiger partial charge in [-0.1, -0.05) is 48.0 Å². The van der Waals surface area contributed by atoms with Gasteiger partial charge in [0.1, 0.15) is 12.4 Å². The lowest BCUT2D eigenvalue weighted by Crippen LogP contribution is -2.24. The minimum Gasteiger partial charge on any atom is -0.487 e. The van der Waals surface area contributed by atoms with Crippen molar-refractivity contribution < 1.29 is 4.74 Å². The zero-order valence-corrected chi connectivity index (χ0v) is 14.6. The van der Waals surface area contributed by atoms with Crippen LogP contribution in [0.1, 0.15) is 16.8 Å². The molecular weight excluding hydrogens is 332 g/mol. The molecular formula is C21H19ClN2O. The maximum absolute atomic E-state index is 6.43. The highest BCUT2D eigenvalue weighted by molar-refractivity contribution is 6.32. The molecule has 0 atom stereocenters. The number of halogens is 1. The Morgan fingerprint density at radius 2 is 1.92 bits per heavy atom. The lowest BCUT2D eigenvalue weighted by Gasteiger charge is -2.17. The summed E-state index contributed by atoms with van der Waals surface area (Å²) in [6.07, 6.45) is 0.967. The van der Waals surface area contributed by atoms with E-state index in [1.54, 1.807) is 0 Å². The van der Waals surface area contributed by atoms with E-state index in [4.69, 9.17) is 21.3 Å². The highest BCUT2D eigenvalue weighted by Crippen LogP contribution is 2.31. The summed E-state index contributed by atoms with van der Waals surface area (Å²) in [6.45, 7) is 2.39. The van der Waals surface area contributed by atoms with Crippen LogP contribution >= 0.6 is 11.6 Å². The molecule has 0 saturated carbocycles. The van der Waals surface area contributed by atoms with Crippen LogP contribution in [0.4, 0.5) is 0 Å². The number of aromatic nitrogens is 1. The average molecular weight is 351 g/mol. The van der Waals surface area contributed by atoms with Crippen LogP contribution in [0.25, 0.3) is 11.3 Å². The number of pyridine rings is 1. The zero-order chi connectivity index (χ0) is 17.1. The van der Waals surface area contributed by atoms with E-state index >= 15 is 0 Å². The van der Waals surface area contributed by atoms with E-state index in [2.05, 4.69) is 17.4 Å². The summed E-state index contributed by atoms with van der Waals surface area (Å²) >= 11 is 6.43. The van der Waals surface area contributed by atoms with E-state index in [9.17, 15) is 0 Å². The van der Waals surface area contributed by atoms with E-state index in [0.717, 1.165) is 36.3 Å². The number of nitrogens with one attached hydrogen (secondary N) is 1. The van der Waals surface area contributed by atoms with Gasteiger partial charge in [-0.25, -0.2) is 0 Å². The number of benzene rings is 2. The second kappa shape index (κ2) is 7.26. The Balaban J connectivity index is 1.53. The molecule has 2 heterocycles. The van der Waals surface area contributed by atoms with Crippen molar-refractivity contribution in [2.45, 2.75) is 19.6 Å². The Bertz CT molecular complexity index is 880. The number of hydrogen-bond donors (Lipinski definition) is 1. The first-order valence-corrected chi connectivity index (χ1v) is 8.83. The van der Waals surface area contributed by atoms with Crippen molar-refractivity contribution in [1.82, 2.24) is 10.3 Å². The Labute approximate surface area is 152 Å². The van der Waals surface area contributed by atoms with Crippen LogP contribution < -0.4 is 10.1 Å². The predicted octanol–water partition coefficient (Wildman–Crippen LogP) is 4.63. The molecule has 0 spiro atoms. The van der Waals surface area contributed by atoms with Gasteiger partial charge < -0.3 is 10.1 Å². The van der Waals surface area contributed by atoms with E-state index in [-0.39, 0.29) is 0 Å². The van der Waals surface area contributed by atoms with Crippen LogP contribution in [0.2, 0.25) is 5.02 Å². The van der Waals surface area contributed by atoms with E-state index in [1.807, 2.05) is 48.5 Å². The van der Waals surface area contributed by atoms with Gasteiger partial charge in [0.15, 0.2) is 0 Å². The van der Waals surface area contributed by atoms with Crippen molar-refractivity contribution in [1.29, 1.82) is 0 Å².